The van der Waals surface area contributed by atoms with E-state index in [9.17, 15) is 9.59 Å². The molecule has 0 aliphatic rings. The molecule has 0 aliphatic heterocycles. The van der Waals surface area contributed by atoms with Gasteiger partial charge >= 0.3 is 0 Å². The Morgan fingerprint density at radius 3 is 2.17 bits per heavy atom. The van der Waals surface area contributed by atoms with Crippen molar-refractivity contribution in [2.75, 3.05) is 34.5 Å². The molecule has 8 heteroatoms. The van der Waals surface area contributed by atoms with Gasteiger partial charge in [0.25, 0.3) is 5.91 Å². The van der Waals surface area contributed by atoms with E-state index in [0.29, 0.717) is 24.5 Å². The lowest BCUT2D eigenvalue weighted by Crippen LogP contribution is -2.37. The van der Waals surface area contributed by atoms with Gasteiger partial charge in [0, 0.05) is 6.54 Å². The van der Waals surface area contributed by atoms with Crippen LogP contribution < -0.4 is 30.0 Å². The molecule has 0 bridgehead atoms. The molecule has 2 aromatic carbocycles. The predicted molar refractivity (Wildman–Crippen MR) is 112 cm³/mol. The number of nitrogens with one attached hydrogen (secondary N) is 1. The van der Waals surface area contributed by atoms with Crippen molar-refractivity contribution in [1.82, 2.24) is 5.32 Å². The maximum absolute atomic E-state index is 12.7. The summed E-state index contributed by atoms with van der Waals surface area (Å²) in [6.45, 7) is 2.57. The van der Waals surface area contributed by atoms with E-state index in [1.807, 2.05) is 31.2 Å². The fourth-order valence-electron chi connectivity index (χ4n) is 3.04. The predicted octanol–water partition coefficient (Wildman–Crippen LogP) is 2.19. The first-order valence-electron chi connectivity index (χ1n) is 9.53. The summed E-state index contributed by atoms with van der Waals surface area (Å²) in [5, 5.41) is 2.75. The van der Waals surface area contributed by atoms with E-state index in [-0.39, 0.29) is 17.9 Å². The SMILES string of the molecule is CCOc1ccc(C[C@H](CNC(=O)c2ccc(OC)c(OC)c2OC)C(N)=O)cc1. The standard InChI is InChI=1S/C22H28N2O6/c1-5-30-16-8-6-14(7-9-16)12-15(21(23)25)13-24-22(26)17-10-11-18(27-2)20(29-4)19(17)28-3/h6-11,15H,5,12-13H2,1-4H3,(H2,23,25)(H,24,26)/t15-/m1/s1. The van der Waals surface area contributed by atoms with Gasteiger partial charge in [-0.25, -0.2) is 0 Å². The van der Waals surface area contributed by atoms with Crippen LogP contribution in [0.5, 0.6) is 23.0 Å². The smallest absolute Gasteiger partial charge is 0.255 e. The maximum Gasteiger partial charge on any atom is 0.255 e. The minimum absolute atomic E-state index is 0.0822. The van der Waals surface area contributed by atoms with Gasteiger partial charge in [-0.1, -0.05) is 12.1 Å². The van der Waals surface area contributed by atoms with E-state index in [0.717, 1.165) is 11.3 Å². The van der Waals surface area contributed by atoms with Gasteiger partial charge in [-0.2, -0.15) is 0 Å². The first-order chi connectivity index (χ1) is 14.4. The Hall–Kier alpha value is -3.42. The highest BCUT2D eigenvalue weighted by molar-refractivity contribution is 5.98. The van der Waals surface area contributed by atoms with Crippen LogP contribution >= 0.6 is 0 Å². The van der Waals surface area contributed by atoms with Gasteiger partial charge in [0.1, 0.15) is 5.75 Å². The fourth-order valence-corrected chi connectivity index (χ4v) is 3.04. The van der Waals surface area contributed by atoms with E-state index in [2.05, 4.69) is 5.32 Å². The van der Waals surface area contributed by atoms with E-state index in [4.69, 9.17) is 24.7 Å². The van der Waals surface area contributed by atoms with Crippen LogP contribution in [0.2, 0.25) is 0 Å². The van der Waals surface area contributed by atoms with Gasteiger partial charge in [0.2, 0.25) is 11.7 Å². The van der Waals surface area contributed by atoms with Crippen molar-refractivity contribution in [2.45, 2.75) is 13.3 Å². The number of amides is 2. The Morgan fingerprint density at radius 2 is 1.63 bits per heavy atom. The molecule has 0 aliphatic carbocycles. The molecule has 0 saturated carbocycles. The third kappa shape index (κ3) is 5.56. The van der Waals surface area contributed by atoms with E-state index in [1.54, 1.807) is 12.1 Å². The Balaban J connectivity index is 2.11. The van der Waals surface area contributed by atoms with Crippen LogP contribution in [-0.2, 0) is 11.2 Å². The molecule has 0 fully saturated rings. The first kappa shape index (κ1) is 22.9. The average molecular weight is 416 g/mol. The van der Waals surface area contributed by atoms with Crippen molar-refractivity contribution in [3.63, 3.8) is 0 Å². The zero-order valence-electron chi connectivity index (χ0n) is 17.7. The molecular formula is C22H28N2O6. The van der Waals surface area contributed by atoms with E-state index < -0.39 is 17.7 Å². The lowest BCUT2D eigenvalue weighted by molar-refractivity contribution is -0.121. The molecule has 162 valence electrons. The number of carbonyl (C=O) groups is 2. The summed E-state index contributed by atoms with van der Waals surface area (Å²) >= 11 is 0. The second-order valence-corrected chi connectivity index (χ2v) is 6.47. The number of nitrogens with two attached hydrogens (primary N) is 1. The highest BCUT2D eigenvalue weighted by Crippen LogP contribution is 2.39. The van der Waals surface area contributed by atoms with Gasteiger partial charge in [0.05, 0.1) is 39.4 Å². The van der Waals surface area contributed by atoms with Crippen molar-refractivity contribution >= 4 is 11.8 Å². The summed E-state index contributed by atoms with van der Waals surface area (Å²) in [6.07, 6.45) is 0.394. The number of carbonyl (C=O) groups excluding carboxylic acids is 2. The molecule has 30 heavy (non-hydrogen) atoms. The third-order valence-electron chi connectivity index (χ3n) is 4.58. The minimum atomic E-state index is -0.571. The molecule has 0 heterocycles. The molecule has 0 saturated heterocycles. The first-order valence-corrected chi connectivity index (χ1v) is 9.53. The fraction of sp³-hybridized carbons (Fsp3) is 0.364. The summed E-state index contributed by atoms with van der Waals surface area (Å²) in [4.78, 5) is 24.6. The van der Waals surface area contributed by atoms with Crippen molar-refractivity contribution in [3.05, 3.63) is 47.5 Å². The summed E-state index contributed by atoms with van der Waals surface area (Å²) in [6, 6.07) is 10.6. The number of primary amides is 1. The molecule has 2 aromatic rings. The van der Waals surface area contributed by atoms with E-state index >= 15 is 0 Å². The molecule has 0 unspecified atom stereocenters. The van der Waals surface area contributed by atoms with Crippen molar-refractivity contribution in [1.29, 1.82) is 0 Å². The Bertz CT molecular complexity index is 867. The van der Waals surface area contributed by atoms with Crippen molar-refractivity contribution in [2.24, 2.45) is 11.7 Å². The van der Waals surface area contributed by atoms with Crippen LogP contribution in [0.3, 0.4) is 0 Å². The molecule has 2 amide bonds. The number of methoxy groups -OCH3 is 3. The third-order valence-corrected chi connectivity index (χ3v) is 4.58. The summed E-state index contributed by atoms with van der Waals surface area (Å²) < 4.78 is 21.3. The average Bonchev–Trinajstić information content (AvgIpc) is 2.76. The molecule has 2 rings (SSSR count). The highest BCUT2D eigenvalue weighted by atomic mass is 16.5. The lowest BCUT2D eigenvalue weighted by atomic mass is 9.98. The van der Waals surface area contributed by atoms with Crippen LogP contribution in [0.4, 0.5) is 0 Å². The molecule has 8 nitrogen and oxygen atoms in total. The molecule has 0 aromatic heterocycles. The Morgan fingerprint density at radius 1 is 0.967 bits per heavy atom. The second-order valence-electron chi connectivity index (χ2n) is 6.47. The maximum atomic E-state index is 12.7. The molecule has 0 radical (unpaired) electrons. The normalized spacial score (nSPS) is 11.3. The second kappa shape index (κ2) is 10.9. The number of hydrogen-bond donors (Lipinski definition) is 2. The largest absolute Gasteiger partial charge is 0.494 e. The molecule has 3 N–H and O–H groups in total. The van der Waals surface area contributed by atoms with Crippen molar-refractivity contribution in [3.8, 4) is 23.0 Å². The van der Waals surface area contributed by atoms with Crippen LogP contribution in [-0.4, -0.2) is 46.3 Å². The summed E-state index contributed by atoms with van der Waals surface area (Å²) in [5.74, 6) is 0.277. The topological polar surface area (TPSA) is 109 Å². The van der Waals surface area contributed by atoms with Gasteiger partial charge in [-0.05, 0) is 43.2 Å². The van der Waals surface area contributed by atoms with Gasteiger partial charge in [0.15, 0.2) is 11.5 Å². The number of hydrogen-bond acceptors (Lipinski definition) is 6. The van der Waals surface area contributed by atoms with Crippen molar-refractivity contribution < 1.29 is 28.5 Å². The Kier molecular flexibility index (Phi) is 8.34. The number of benzene rings is 2. The monoisotopic (exact) mass is 416 g/mol. The number of ether oxygens (including phenoxy) is 4. The summed E-state index contributed by atoms with van der Waals surface area (Å²) in [7, 11) is 4.39. The molecule has 0 spiro atoms. The van der Waals surface area contributed by atoms with Gasteiger partial charge in [-0.15, -0.1) is 0 Å². The minimum Gasteiger partial charge on any atom is -0.494 e. The van der Waals surface area contributed by atoms with Crippen LogP contribution in [0.1, 0.15) is 22.8 Å². The van der Waals surface area contributed by atoms with Gasteiger partial charge < -0.3 is 30.0 Å². The highest BCUT2D eigenvalue weighted by Gasteiger charge is 2.23. The zero-order valence-corrected chi connectivity index (χ0v) is 17.7. The van der Waals surface area contributed by atoms with E-state index in [1.165, 1.54) is 21.3 Å². The summed E-state index contributed by atoms with van der Waals surface area (Å²) in [5.41, 5.74) is 6.73. The van der Waals surface area contributed by atoms with Crippen LogP contribution in [0, 0.1) is 5.92 Å². The quantitative estimate of drug-likeness (QED) is 0.581. The van der Waals surface area contributed by atoms with Crippen LogP contribution in [0.15, 0.2) is 36.4 Å². The van der Waals surface area contributed by atoms with Gasteiger partial charge in [-0.3, -0.25) is 9.59 Å². The number of rotatable bonds is 11. The lowest BCUT2D eigenvalue weighted by Gasteiger charge is -2.17. The molecule has 1 atom stereocenters. The molecular weight excluding hydrogens is 388 g/mol. The van der Waals surface area contributed by atoms with Crippen LogP contribution in [0.25, 0.3) is 0 Å². The Labute approximate surface area is 176 Å². The zero-order chi connectivity index (χ0) is 22.1.